The minimum Gasteiger partial charge on any atom is -0.496 e. The minimum atomic E-state index is -0.0468. The van der Waals surface area contributed by atoms with Gasteiger partial charge in [-0.05, 0) is 30.5 Å². The van der Waals surface area contributed by atoms with Crippen molar-refractivity contribution < 1.29 is 14.3 Å². The Morgan fingerprint density at radius 1 is 1.12 bits per heavy atom. The number of piperazine rings is 1. The van der Waals surface area contributed by atoms with Crippen LogP contribution >= 0.6 is 0 Å². The van der Waals surface area contributed by atoms with Gasteiger partial charge in [0.15, 0.2) is 0 Å². The number of aryl methyl sites for hydroxylation is 1. The van der Waals surface area contributed by atoms with E-state index < -0.39 is 0 Å². The van der Waals surface area contributed by atoms with Gasteiger partial charge in [0, 0.05) is 32.7 Å². The smallest absolute Gasteiger partial charge is 0.317 e. The summed E-state index contributed by atoms with van der Waals surface area (Å²) in [6.07, 6.45) is 1.79. The average Bonchev–Trinajstić information content (AvgIpc) is 2.65. The molecule has 0 radical (unpaired) electrons. The second kappa shape index (κ2) is 8.57. The zero-order valence-electron chi connectivity index (χ0n) is 14.8. The second-order valence-electron chi connectivity index (χ2n) is 5.90. The van der Waals surface area contributed by atoms with E-state index in [1.807, 2.05) is 25.1 Å². The van der Waals surface area contributed by atoms with Gasteiger partial charge in [-0.25, -0.2) is 4.79 Å². The van der Waals surface area contributed by atoms with E-state index in [1.54, 1.807) is 16.9 Å². The quantitative estimate of drug-likeness (QED) is 0.898. The number of rotatable bonds is 5. The monoisotopic (exact) mass is 333 g/mol. The average molecular weight is 333 g/mol. The first-order chi connectivity index (χ1) is 11.6. The maximum atomic E-state index is 12.8. The first-order valence-electron chi connectivity index (χ1n) is 8.59. The molecule has 1 aliphatic rings. The molecule has 1 N–H and O–H groups in total. The maximum absolute atomic E-state index is 12.8. The molecule has 3 amide bonds. The zero-order valence-corrected chi connectivity index (χ0v) is 14.8. The minimum absolute atomic E-state index is 0.0317. The lowest BCUT2D eigenvalue weighted by Gasteiger charge is -2.35. The Balaban J connectivity index is 2.01. The fourth-order valence-electron chi connectivity index (χ4n) is 2.77. The Morgan fingerprint density at radius 3 is 2.38 bits per heavy atom. The van der Waals surface area contributed by atoms with Gasteiger partial charge >= 0.3 is 6.03 Å². The number of benzene rings is 1. The molecule has 1 fully saturated rings. The molecular weight excluding hydrogens is 306 g/mol. The number of nitrogens with one attached hydrogen (secondary N) is 1. The van der Waals surface area contributed by atoms with Crippen LogP contribution in [0.5, 0.6) is 5.75 Å². The van der Waals surface area contributed by atoms with Crippen molar-refractivity contribution in [3.05, 3.63) is 29.3 Å². The van der Waals surface area contributed by atoms with Crippen LogP contribution in [-0.4, -0.2) is 61.6 Å². The number of carbonyl (C=O) groups excluding carboxylic acids is 2. The highest BCUT2D eigenvalue weighted by atomic mass is 16.5. The molecule has 0 aromatic heterocycles. The summed E-state index contributed by atoms with van der Waals surface area (Å²) >= 11 is 0. The summed E-state index contributed by atoms with van der Waals surface area (Å²) < 4.78 is 5.34. The summed E-state index contributed by atoms with van der Waals surface area (Å²) in [5.41, 5.74) is 1.71. The first kappa shape index (κ1) is 18.1. The van der Waals surface area contributed by atoms with Gasteiger partial charge in [0.25, 0.3) is 5.91 Å². The lowest BCUT2D eigenvalue weighted by Crippen LogP contribution is -2.53. The molecule has 1 saturated heterocycles. The van der Waals surface area contributed by atoms with Gasteiger partial charge in [0.1, 0.15) is 5.75 Å². The molecule has 1 heterocycles. The molecule has 0 atom stereocenters. The lowest BCUT2D eigenvalue weighted by molar-refractivity contribution is 0.0662. The van der Waals surface area contributed by atoms with Crippen LogP contribution in [-0.2, 0) is 6.42 Å². The van der Waals surface area contributed by atoms with E-state index in [0.717, 1.165) is 18.4 Å². The van der Waals surface area contributed by atoms with Gasteiger partial charge in [0.05, 0.1) is 12.7 Å². The van der Waals surface area contributed by atoms with Crippen molar-refractivity contribution in [1.29, 1.82) is 0 Å². The molecule has 0 spiro atoms. The largest absolute Gasteiger partial charge is 0.496 e. The molecule has 0 bridgehead atoms. The SMILES string of the molecule is CCCNC(=O)N1CCN(C(=O)c2cc(CC)ccc2OC)CC1. The van der Waals surface area contributed by atoms with Crippen LogP contribution < -0.4 is 10.1 Å². The number of amides is 3. The molecule has 6 nitrogen and oxygen atoms in total. The molecule has 0 aliphatic carbocycles. The number of nitrogens with zero attached hydrogens (tertiary/aromatic N) is 2. The van der Waals surface area contributed by atoms with E-state index in [0.29, 0.717) is 44.0 Å². The molecular formula is C18H27N3O3. The lowest BCUT2D eigenvalue weighted by atomic mass is 10.1. The van der Waals surface area contributed by atoms with E-state index >= 15 is 0 Å². The Hall–Kier alpha value is -2.24. The van der Waals surface area contributed by atoms with E-state index in [2.05, 4.69) is 12.2 Å². The van der Waals surface area contributed by atoms with Crippen molar-refractivity contribution in [2.24, 2.45) is 0 Å². The third kappa shape index (κ3) is 4.19. The molecule has 132 valence electrons. The molecule has 1 aromatic carbocycles. The Bertz CT molecular complexity index is 581. The van der Waals surface area contributed by atoms with Gasteiger partial charge in [-0.15, -0.1) is 0 Å². The predicted octanol–water partition coefficient (Wildman–Crippen LogP) is 2.13. The Kier molecular flexibility index (Phi) is 6.46. The van der Waals surface area contributed by atoms with Gasteiger partial charge in [-0.1, -0.05) is 19.9 Å². The van der Waals surface area contributed by atoms with Crippen molar-refractivity contribution in [3.8, 4) is 5.75 Å². The highest BCUT2D eigenvalue weighted by molar-refractivity contribution is 5.97. The predicted molar refractivity (Wildman–Crippen MR) is 93.5 cm³/mol. The van der Waals surface area contributed by atoms with Crippen LogP contribution in [0.1, 0.15) is 36.2 Å². The second-order valence-corrected chi connectivity index (χ2v) is 5.90. The fraction of sp³-hybridized carbons (Fsp3) is 0.556. The summed E-state index contributed by atoms with van der Waals surface area (Å²) in [4.78, 5) is 28.4. The molecule has 0 saturated carbocycles. The normalized spacial score (nSPS) is 14.5. The van der Waals surface area contributed by atoms with Gasteiger partial charge < -0.3 is 19.9 Å². The van der Waals surface area contributed by atoms with E-state index in [1.165, 1.54) is 0 Å². The summed E-state index contributed by atoms with van der Waals surface area (Å²) in [5.74, 6) is 0.566. The number of methoxy groups -OCH3 is 1. The number of hydrogen-bond donors (Lipinski definition) is 1. The third-order valence-electron chi connectivity index (χ3n) is 4.28. The van der Waals surface area contributed by atoms with Crippen LogP contribution in [0.4, 0.5) is 4.79 Å². The van der Waals surface area contributed by atoms with E-state index in [-0.39, 0.29) is 11.9 Å². The van der Waals surface area contributed by atoms with Crippen LogP contribution in [0.15, 0.2) is 18.2 Å². The number of hydrogen-bond acceptors (Lipinski definition) is 3. The van der Waals surface area contributed by atoms with E-state index in [4.69, 9.17) is 4.74 Å². The van der Waals surface area contributed by atoms with Crippen LogP contribution in [0, 0.1) is 0 Å². The molecule has 1 aromatic rings. The van der Waals surface area contributed by atoms with Crippen molar-refractivity contribution in [2.45, 2.75) is 26.7 Å². The van der Waals surface area contributed by atoms with Crippen LogP contribution in [0.3, 0.4) is 0 Å². The summed E-state index contributed by atoms with van der Waals surface area (Å²) in [6, 6.07) is 5.68. The zero-order chi connectivity index (χ0) is 17.5. The fourth-order valence-corrected chi connectivity index (χ4v) is 2.77. The summed E-state index contributed by atoms with van der Waals surface area (Å²) in [6.45, 7) is 6.95. The summed E-state index contributed by atoms with van der Waals surface area (Å²) in [5, 5.41) is 2.87. The molecule has 1 aliphatic heterocycles. The number of ether oxygens (including phenoxy) is 1. The van der Waals surface area contributed by atoms with Crippen molar-refractivity contribution in [3.63, 3.8) is 0 Å². The highest BCUT2D eigenvalue weighted by Gasteiger charge is 2.26. The highest BCUT2D eigenvalue weighted by Crippen LogP contribution is 2.22. The van der Waals surface area contributed by atoms with Gasteiger partial charge in [-0.2, -0.15) is 0 Å². The van der Waals surface area contributed by atoms with Gasteiger partial charge in [-0.3, -0.25) is 4.79 Å². The maximum Gasteiger partial charge on any atom is 0.317 e. The number of carbonyl (C=O) groups is 2. The van der Waals surface area contributed by atoms with Crippen LogP contribution in [0.2, 0.25) is 0 Å². The molecule has 24 heavy (non-hydrogen) atoms. The Labute approximate surface area is 143 Å². The van der Waals surface area contributed by atoms with Crippen molar-refractivity contribution in [1.82, 2.24) is 15.1 Å². The Morgan fingerprint density at radius 2 is 1.79 bits per heavy atom. The topological polar surface area (TPSA) is 61.9 Å². The van der Waals surface area contributed by atoms with Crippen molar-refractivity contribution >= 4 is 11.9 Å². The standard InChI is InChI=1S/C18H27N3O3/c1-4-8-19-18(23)21-11-9-20(10-12-21)17(22)15-13-14(5-2)6-7-16(15)24-3/h6-7,13H,4-5,8-12H2,1-3H3,(H,19,23). The number of urea groups is 1. The van der Waals surface area contributed by atoms with Crippen molar-refractivity contribution in [2.75, 3.05) is 39.8 Å². The molecule has 2 rings (SSSR count). The van der Waals surface area contributed by atoms with E-state index in [9.17, 15) is 9.59 Å². The molecule has 6 heteroatoms. The molecule has 0 unspecified atom stereocenters. The summed E-state index contributed by atoms with van der Waals surface area (Å²) in [7, 11) is 1.58. The third-order valence-corrected chi connectivity index (χ3v) is 4.28. The first-order valence-corrected chi connectivity index (χ1v) is 8.59. The van der Waals surface area contributed by atoms with Gasteiger partial charge in [0.2, 0.25) is 0 Å². The van der Waals surface area contributed by atoms with Crippen LogP contribution in [0.25, 0.3) is 0 Å².